The largest absolute Gasteiger partial charge is 0.251 e. The van der Waals surface area contributed by atoms with Gasteiger partial charge >= 0.3 is 0 Å². The summed E-state index contributed by atoms with van der Waals surface area (Å²) in [5.74, 6) is 0. The van der Waals surface area contributed by atoms with E-state index in [1.807, 2.05) is 24.4 Å². The highest BCUT2D eigenvalue weighted by Crippen LogP contribution is 2.22. The first-order valence-corrected chi connectivity index (χ1v) is 5.78. The van der Waals surface area contributed by atoms with Gasteiger partial charge in [-0.25, -0.2) is 19.5 Å². The Morgan fingerprint density at radius 2 is 1.89 bits per heavy atom. The van der Waals surface area contributed by atoms with Crippen LogP contribution in [0.4, 0.5) is 0 Å². The number of fused-ring (bicyclic) bond motifs is 2. The molecular formula is C13H8N6. The Kier molecular flexibility index (Phi) is 2.02. The number of aromatic nitrogens is 6. The molecule has 0 aliphatic carbocycles. The molecule has 90 valence electrons. The third kappa shape index (κ3) is 1.54. The molecule has 4 rings (SSSR count). The summed E-state index contributed by atoms with van der Waals surface area (Å²) < 4.78 is 1.72. The molecule has 0 aliphatic rings. The Hall–Kier alpha value is -2.89. The van der Waals surface area contributed by atoms with Crippen LogP contribution < -0.4 is 0 Å². The predicted molar refractivity (Wildman–Crippen MR) is 69.3 cm³/mol. The van der Waals surface area contributed by atoms with Crippen molar-refractivity contribution in [3.8, 4) is 11.3 Å². The van der Waals surface area contributed by atoms with Crippen LogP contribution in [-0.2, 0) is 0 Å². The van der Waals surface area contributed by atoms with Gasteiger partial charge in [0.1, 0.15) is 5.52 Å². The maximum atomic E-state index is 4.50. The normalized spacial score (nSPS) is 11.2. The van der Waals surface area contributed by atoms with E-state index in [9.17, 15) is 0 Å². The van der Waals surface area contributed by atoms with Gasteiger partial charge in [-0.2, -0.15) is 5.10 Å². The molecule has 6 heteroatoms. The molecule has 0 aromatic carbocycles. The molecule has 0 saturated carbocycles. The molecule has 0 spiro atoms. The minimum absolute atomic E-state index is 0.621. The summed E-state index contributed by atoms with van der Waals surface area (Å²) >= 11 is 0. The highest BCUT2D eigenvalue weighted by Gasteiger charge is 2.09. The molecule has 19 heavy (non-hydrogen) atoms. The lowest BCUT2D eigenvalue weighted by Crippen LogP contribution is -1.91. The molecule has 0 saturated heterocycles. The third-order valence-electron chi connectivity index (χ3n) is 2.89. The second-order valence-corrected chi connectivity index (χ2v) is 4.04. The summed E-state index contributed by atoms with van der Waals surface area (Å²) in [5.41, 5.74) is 3.85. The van der Waals surface area contributed by atoms with Crippen LogP contribution >= 0.6 is 0 Å². The fourth-order valence-electron chi connectivity index (χ4n) is 2.01. The molecule has 0 bridgehead atoms. The molecular weight excluding hydrogens is 240 g/mol. The van der Waals surface area contributed by atoms with Crippen LogP contribution in [0.2, 0.25) is 0 Å². The molecule has 0 unspecified atom stereocenters. The van der Waals surface area contributed by atoms with E-state index in [1.165, 1.54) is 0 Å². The van der Waals surface area contributed by atoms with Gasteiger partial charge in [-0.3, -0.25) is 4.98 Å². The Balaban J connectivity index is 1.99. The van der Waals surface area contributed by atoms with Gasteiger partial charge in [0.05, 0.1) is 17.5 Å². The first kappa shape index (κ1) is 10.1. The zero-order valence-corrected chi connectivity index (χ0v) is 9.80. The quantitative estimate of drug-likeness (QED) is 0.513. The van der Waals surface area contributed by atoms with Crippen molar-refractivity contribution in [2.75, 3.05) is 0 Å². The van der Waals surface area contributed by atoms with Crippen LogP contribution in [0.3, 0.4) is 0 Å². The van der Waals surface area contributed by atoms with E-state index in [2.05, 4.69) is 25.0 Å². The molecule has 6 nitrogen and oxygen atoms in total. The lowest BCUT2D eigenvalue weighted by atomic mass is 10.2. The lowest BCUT2D eigenvalue weighted by Gasteiger charge is -1.99. The van der Waals surface area contributed by atoms with Crippen LogP contribution in [0.25, 0.3) is 28.1 Å². The van der Waals surface area contributed by atoms with Gasteiger partial charge in [0.2, 0.25) is 0 Å². The maximum absolute atomic E-state index is 4.50. The van der Waals surface area contributed by atoms with Gasteiger partial charge in [-0.1, -0.05) is 0 Å². The van der Waals surface area contributed by atoms with Gasteiger partial charge in [-0.05, 0) is 18.2 Å². The SMILES string of the molecule is c1cnc2c(-c3ccc4nccnc4n3)cnn2c1. The molecule has 4 aromatic heterocycles. The van der Waals surface area contributed by atoms with Crippen molar-refractivity contribution in [3.63, 3.8) is 0 Å². The van der Waals surface area contributed by atoms with Gasteiger partial charge in [0.25, 0.3) is 0 Å². The van der Waals surface area contributed by atoms with Gasteiger partial charge in [0.15, 0.2) is 11.3 Å². The molecule has 0 N–H and O–H groups in total. The van der Waals surface area contributed by atoms with Gasteiger partial charge in [0, 0.05) is 24.8 Å². The van der Waals surface area contributed by atoms with Crippen molar-refractivity contribution in [3.05, 3.63) is 49.2 Å². The summed E-state index contributed by atoms with van der Waals surface area (Å²) in [5, 5.41) is 4.25. The number of pyridine rings is 1. The number of hydrogen-bond acceptors (Lipinski definition) is 5. The maximum Gasteiger partial charge on any atom is 0.178 e. The fourth-order valence-corrected chi connectivity index (χ4v) is 2.01. The van der Waals surface area contributed by atoms with E-state index in [1.54, 1.807) is 29.3 Å². The summed E-state index contributed by atoms with van der Waals surface area (Å²) in [4.78, 5) is 17.2. The average molecular weight is 248 g/mol. The van der Waals surface area contributed by atoms with Crippen LogP contribution in [0.5, 0.6) is 0 Å². The molecule has 0 fully saturated rings. The Morgan fingerprint density at radius 3 is 2.89 bits per heavy atom. The average Bonchev–Trinajstić information content (AvgIpc) is 2.91. The molecule has 4 aromatic rings. The smallest absolute Gasteiger partial charge is 0.178 e. The van der Waals surface area contributed by atoms with E-state index < -0.39 is 0 Å². The van der Waals surface area contributed by atoms with E-state index in [4.69, 9.17) is 0 Å². The molecule has 4 heterocycles. The standard InChI is InChI=1S/C13H8N6/c1-4-16-13-9(8-17-19(13)7-1)10-2-3-11-12(18-10)15-6-5-14-11/h1-8H. The third-order valence-corrected chi connectivity index (χ3v) is 2.89. The number of nitrogens with zero attached hydrogens (tertiary/aromatic N) is 6. The molecule has 0 aliphatic heterocycles. The zero-order valence-electron chi connectivity index (χ0n) is 9.80. The Bertz CT molecular complexity index is 882. The zero-order chi connectivity index (χ0) is 12.7. The molecule has 0 atom stereocenters. The second-order valence-electron chi connectivity index (χ2n) is 4.04. The minimum atomic E-state index is 0.621. The van der Waals surface area contributed by atoms with Crippen LogP contribution in [-0.4, -0.2) is 29.5 Å². The number of rotatable bonds is 1. The van der Waals surface area contributed by atoms with E-state index in [0.29, 0.717) is 5.65 Å². The summed E-state index contributed by atoms with van der Waals surface area (Å²) in [6, 6.07) is 5.64. The Morgan fingerprint density at radius 1 is 0.947 bits per heavy atom. The fraction of sp³-hybridized carbons (Fsp3) is 0. The van der Waals surface area contributed by atoms with Crippen molar-refractivity contribution in [2.24, 2.45) is 0 Å². The lowest BCUT2D eigenvalue weighted by molar-refractivity contribution is 0.939. The van der Waals surface area contributed by atoms with Crippen molar-refractivity contribution in [1.82, 2.24) is 29.5 Å². The van der Waals surface area contributed by atoms with Crippen molar-refractivity contribution >= 4 is 16.8 Å². The van der Waals surface area contributed by atoms with Crippen LogP contribution in [0.15, 0.2) is 49.2 Å². The van der Waals surface area contributed by atoms with E-state index in [-0.39, 0.29) is 0 Å². The van der Waals surface area contributed by atoms with Crippen molar-refractivity contribution < 1.29 is 0 Å². The monoisotopic (exact) mass is 248 g/mol. The predicted octanol–water partition coefficient (Wildman–Crippen LogP) is 1.73. The topological polar surface area (TPSA) is 68.9 Å². The first-order chi connectivity index (χ1) is 9.42. The van der Waals surface area contributed by atoms with Crippen LogP contribution in [0.1, 0.15) is 0 Å². The molecule has 0 radical (unpaired) electrons. The summed E-state index contributed by atoms with van der Waals surface area (Å²) in [7, 11) is 0. The van der Waals surface area contributed by atoms with Crippen molar-refractivity contribution in [1.29, 1.82) is 0 Å². The van der Waals surface area contributed by atoms with E-state index in [0.717, 1.165) is 22.4 Å². The second kappa shape index (κ2) is 3.81. The van der Waals surface area contributed by atoms with E-state index >= 15 is 0 Å². The summed E-state index contributed by atoms with van der Waals surface area (Å²) in [6.07, 6.45) is 8.63. The van der Waals surface area contributed by atoms with Crippen molar-refractivity contribution in [2.45, 2.75) is 0 Å². The highest BCUT2D eigenvalue weighted by molar-refractivity contribution is 5.79. The van der Waals surface area contributed by atoms with Crippen LogP contribution in [0, 0.1) is 0 Å². The highest BCUT2D eigenvalue weighted by atomic mass is 15.2. The van der Waals surface area contributed by atoms with Gasteiger partial charge < -0.3 is 0 Å². The molecule has 0 amide bonds. The summed E-state index contributed by atoms with van der Waals surface area (Å²) in [6.45, 7) is 0. The minimum Gasteiger partial charge on any atom is -0.251 e. The number of hydrogen-bond donors (Lipinski definition) is 0. The van der Waals surface area contributed by atoms with Gasteiger partial charge in [-0.15, -0.1) is 0 Å². The Labute approximate surface area is 107 Å². The first-order valence-electron chi connectivity index (χ1n) is 5.78.